The molecule has 0 amide bonds. The molecular weight excluding hydrogens is 268 g/mol. The summed E-state index contributed by atoms with van der Waals surface area (Å²) in [6, 6.07) is 13.4. The van der Waals surface area contributed by atoms with Gasteiger partial charge in [0.1, 0.15) is 11.3 Å². The van der Waals surface area contributed by atoms with E-state index in [0.29, 0.717) is 5.76 Å². The first-order valence-corrected chi connectivity index (χ1v) is 6.44. The molecule has 0 saturated heterocycles. The Hall–Kier alpha value is -2.88. The van der Waals surface area contributed by atoms with E-state index in [2.05, 4.69) is 0 Å². The largest absolute Gasteiger partial charge is 0.478 e. The van der Waals surface area contributed by atoms with Crippen LogP contribution in [0.1, 0.15) is 15.9 Å². The zero-order valence-corrected chi connectivity index (χ0v) is 11.3. The molecule has 3 rings (SSSR count). The van der Waals surface area contributed by atoms with E-state index in [4.69, 9.17) is 4.42 Å². The average molecular weight is 280 g/mol. The van der Waals surface area contributed by atoms with Crippen LogP contribution >= 0.6 is 0 Å². The third-order valence-corrected chi connectivity index (χ3v) is 3.40. The van der Waals surface area contributed by atoms with Gasteiger partial charge in [0.2, 0.25) is 0 Å². The number of rotatable bonds is 2. The van der Waals surface area contributed by atoms with Gasteiger partial charge in [-0.2, -0.15) is 0 Å². The first kappa shape index (κ1) is 13.1. The van der Waals surface area contributed by atoms with Crippen molar-refractivity contribution in [2.24, 2.45) is 0 Å². The molecule has 0 aliphatic rings. The molecule has 0 saturated carbocycles. The molecule has 1 N–H and O–H groups in total. The first-order chi connectivity index (χ1) is 10.1. The molecule has 3 aromatic rings. The highest BCUT2D eigenvalue weighted by Crippen LogP contribution is 2.26. The zero-order chi connectivity index (χ0) is 15.0. The van der Waals surface area contributed by atoms with Gasteiger partial charge >= 0.3 is 5.97 Å². The van der Waals surface area contributed by atoms with E-state index in [0.717, 1.165) is 11.1 Å². The maximum atomic E-state index is 12.2. The number of benzene rings is 2. The standard InChI is InChI=1S/C17H12O4/c1-10-5-2-3-6-11(10)15-9-14(18)12-7-4-8-13(17(19)20)16(12)21-15/h2-9H,1H3,(H,19,20). The molecular formula is C17H12O4. The Kier molecular flexibility index (Phi) is 3.06. The topological polar surface area (TPSA) is 67.5 Å². The molecule has 0 aliphatic carbocycles. The number of carboxylic acids is 1. The molecule has 0 unspecified atom stereocenters. The molecule has 0 atom stereocenters. The molecule has 0 spiro atoms. The van der Waals surface area contributed by atoms with E-state index in [9.17, 15) is 14.7 Å². The smallest absolute Gasteiger partial charge is 0.339 e. The highest BCUT2D eigenvalue weighted by Gasteiger charge is 2.15. The van der Waals surface area contributed by atoms with E-state index in [-0.39, 0.29) is 22.0 Å². The fourth-order valence-corrected chi connectivity index (χ4v) is 2.33. The summed E-state index contributed by atoms with van der Waals surface area (Å²) >= 11 is 0. The lowest BCUT2D eigenvalue weighted by Crippen LogP contribution is -2.05. The number of para-hydroxylation sites is 1. The van der Waals surface area contributed by atoms with Crippen molar-refractivity contribution in [3.63, 3.8) is 0 Å². The van der Waals surface area contributed by atoms with Crippen LogP contribution in [0.2, 0.25) is 0 Å². The van der Waals surface area contributed by atoms with Crippen LogP contribution in [-0.4, -0.2) is 11.1 Å². The average Bonchev–Trinajstić information content (AvgIpc) is 2.47. The summed E-state index contributed by atoms with van der Waals surface area (Å²) < 4.78 is 5.72. The highest BCUT2D eigenvalue weighted by molar-refractivity contribution is 6.01. The third-order valence-electron chi connectivity index (χ3n) is 3.40. The SMILES string of the molecule is Cc1ccccc1-c1cc(=O)c2cccc(C(=O)O)c2o1. The quantitative estimate of drug-likeness (QED) is 0.780. The normalized spacial score (nSPS) is 10.7. The summed E-state index contributed by atoms with van der Waals surface area (Å²) in [6.07, 6.45) is 0. The van der Waals surface area contributed by atoms with E-state index in [1.54, 1.807) is 6.07 Å². The molecule has 0 aliphatic heterocycles. The minimum atomic E-state index is -1.12. The van der Waals surface area contributed by atoms with Gasteiger partial charge in [-0.05, 0) is 24.6 Å². The summed E-state index contributed by atoms with van der Waals surface area (Å²) in [5.74, 6) is -0.745. The highest BCUT2D eigenvalue weighted by atomic mass is 16.4. The first-order valence-electron chi connectivity index (χ1n) is 6.44. The van der Waals surface area contributed by atoms with E-state index >= 15 is 0 Å². The zero-order valence-electron chi connectivity index (χ0n) is 11.3. The molecule has 1 heterocycles. The number of hydrogen-bond acceptors (Lipinski definition) is 3. The van der Waals surface area contributed by atoms with Gasteiger partial charge in [0.15, 0.2) is 11.0 Å². The van der Waals surface area contributed by atoms with Gasteiger partial charge in [-0.25, -0.2) is 4.79 Å². The van der Waals surface area contributed by atoms with Crippen LogP contribution in [0.4, 0.5) is 0 Å². The summed E-state index contributed by atoms with van der Waals surface area (Å²) in [5, 5.41) is 9.50. The fourth-order valence-electron chi connectivity index (χ4n) is 2.33. The lowest BCUT2D eigenvalue weighted by Gasteiger charge is -2.07. The van der Waals surface area contributed by atoms with E-state index < -0.39 is 5.97 Å². The van der Waals surface area contributed by atoms with Gasteiger partial charge in [-0.15, -0.1) is 0 Å². The van der Waals surface area contributed by atoms with Gasteiger partial charge in [-0.1, -0.05) is 30.3 Å². The lowest BCUT2D eigenvalue weighted by atomic mass is 10.0. The lowest BCUT2D eigenvalue weighted by molar-refractivity contribution is 0.0698. The maximum Gasteiger partial charge on any atom is 0.339 e. The number of carbonyl (C=O) groups is 1. The molecule has 21 heavy (non-hydrogen) atoms. The van der Waals surface area contributed by atoms with Crippen LogP contribution in [-0.2, 0) is 0 Å². The second-order valence-electron chi connectivity index (χ2n) is 4.78. The van der Waals surface area contributed by atoms with Gasteiger partial charge in [-0.3, -0.25) is 4.79 Å². The van der Waals surface area contributed by atoms with Crippen molar-refractivity contribution >= 4 is 16.9 Å². The van der Waals surface area contributed by atoms with Crippen molar-refractivity contribution < 1.29 is 14.3 Å². The molecule has 104 valence electrons. The Labute approximate surface area is 120 Å². The molecule has 0 radical (unpaired) electrons. The van der Waals surface area contributed by atoms with Crippen molar-refractivity contribution in [2.75, 3.05) is 0 Å². The van der Waals surface area contributed by atoms with Crippen molar-refractivity contribution in [2.45, 2.75) is 6.92 Å². The second kappa shape index (κ2) is 4.90. The molecule has 0 fully saturated rings. The minimum Gasteiger partial charge on any atom is -0.478 e. The van der Waals surface area contributed by atoms with Crippen LogP contribution < -0.4 is 5.43 Å². The Balaban J connectivity index is 2.38. The van der Waals surface area contributed by atoms with Crippen LogP contribution in [0.5, 0.6) is 0 Å². The Bertz CT molecular complexity index is 906. The van der Waals surface area contributed by atoms with Gasteiger partial charge < -0.3 is 9.52 Å². The number of fused-ring (bicyclic) bond motifs is 1. The fraction of sp³-hybridized carbons (Fsp3) is 0.0588. The van der Waals surface area contributed by atoms with Crippen molar-refractivity contribution in [1.82, 2.24) is 0 Å². The minimum absolute atomic E-state index is 0.0139. The summed E-state index contributed by atoms with van der Waals surface area (Å²) in [6.45, 7) is 1.91. The molecule has 0 bridgehead atoms. The summed E-state index contributed by atoms with van der Waals surface area (Å²) in [4.78, 5) is 23.5. The number of aryl methyl sites for hydroxylation is 1. The monoisotopic (exact) mass is 280 g/mol. The molecule has 1 aromatic heterocycles. The van der Waals surface area contributed by atoms with Crippen molar-refractivity contribution in [3.05, 3.63) is 69.9 Å². The molecule has 4 nitrogen and oxygen atoms in total. The van der Waals surface area contributed by atoms with Crippen LogP contribution in [0, 0.1) is 6.92 Å². The van der Waals surface area contributed by atoms with E-state index in [1.807, 2.05) is 31.2 Å². The van der Waals surface area contributed by atoms with Gasteiger partial charge in [0, 0.05) is 11.6 Å². The van der Waals surface area contributed by atoms with Gasteiger partial charge in [0.05, 0.1) is 5.39 Å². The van der Waals surface area contributed by atoms with Crippen LogP contribution in [0.15, 0.2) is 57.7 Å². The van der Waals surface area contributed by atoms with E-state index in [1.165, 1.54) is 18.2 Å². The van der Waals surface area contributed by atoms with Gasteiger partial charge in [0.25, 0.3) is 0 Å². The van der Waals surface area contributed by atoms with Crippen molar-refractivity contribution in [3.8, 4) is 11.3 Å². The van der Waals surface area contributed by atoms with Crippen LogP contribution in [0.3, 0.4) is 0 Å². The summed E-state index contributed by atoms with van der Waals surface area (Å²) in [5.41, 5.74) is 1.57. The maximum absolute atomic E-state index is 12.2. The number of hydrogen-bond donors (Lipinski definition) is 1. The predicted octanol–water partition coefficient (Wildman–Crippen LogP) is 3.47. The van der Waals surface area contributed by atoms with Crippen LogP contribution in [0.25, 0.3) is 22.3 Å². The Morgan fingerprint density at radius 1 is 1.10 bits per heavy atom. The Morgan fingerprint density at radius 2 is 1.86 bits per heavy atom. The molecule has 4 heteroatoms. The Morgan fingerprint density at radius 3 is 2.57 bits per heavy atom. The second-order valence-corrected chi connectivity index (χ2v) is 4.78. The van der Waals surface area contributed by atoms with Crippen molar-refractivity contribution in [1.29, 1.82) is 0 Å². The summed E-state index contributed by atoms with van der Waals surface area (Å²) in [7, 11) is 0. The predicted molar refractivity (Wildman–Crippen MR) is 79.6 cm³/mol. The third kappa shape index (κ3) is 2.21. The molecule has 2 aromatic carbocycles. The number of carboxylic acid groups (broad SMARTS) is 1. The number of aromatic carboxylic acids is 1.